The Morgan fingerprint density at radius 3 is 2.48 bits per heavy atom. The predicted octanol–water partition coefficient (Wildman–Crippen LogP) is 4.06. The van der Waals surface area contributed by atoms with E-state index >= 15 is 0 Å². The van der Waals surface area contributed by atoms with Gasteiger partial charge in [-0.3, -0.25) is 19.4 Å². The van der Waals surface area contributed by atoms with Crippen molar-refractivity contribution in [2.24, 2.45) is 11.3 Å². The number of hydrogen-bond donors (Lipinski definition) is 1. The molecule has 1 fully saturated rings. The number of ketones is 1. The first-order chi connectivity index (χ1) is 15.5. The number of nitrogens with one attached hydrogen (secondary N) is 1. The van der Waals surface area contributed by atoms with E-state index in [0.29, 0.717) is 18.4 Å². The van der Waals surface area contributed by atoms with Crippen molar-refractivity contribution >= 4 is 17.6 Å². The summed E-state index contributed by atoms with van der Waals surface area (Å²) in [6.45, 7) is 3.41. The van der Waals surface area contributed by atoms with Crippen LogP contribution in [0.2, 0.25) is 0 Å². The molecule has 2 aliphatic carbocycles. The number of carbonyl (C=O) groups is 3. The normalized spacial score (nSPS) is 25.9. The van der Waals surface area contributed by atoms with Crippen LogP contribution < -0.4 is 5.32 Å². The third-order valence-corrected chi connectivity index (χ3v) is 6.89. The Morgan fingerprint density at radius 1 is 1.18 bits per heavy atom. The molecule has 0 aromatic carbocycles. The Balaban J connectivity index is 1.82. The fourth-order valence-electron chi connectivity index (χ4n) is 5.32. The molecule has 0 saturated heterocycles. The van der Waals surface area contributed by atoms with Crippen LogP contribution in [-0.2, 0) is 20.9 Å². The first kappa shape index (κ1) is 23.4. The van der Waals surface area contributed by atoms with Crippen LogP contribution >= 0.6 is 0 Å². The Bertz CT molecular complexity index is 997. The highest BCUT2D eigenvalue weighted by Crippen LogP contribution is 2.52. The molecular weight excluding hydrogens is 435 g/mol. The molecule has 1 aliphatic heterocycles. The van der Waals surface area contributed by atoms with E-state index in [9.17, 15) is 27.6 Å². The van der Waals surface area contributed by atoms with Crippen molar-refractivity contribution in [3.63, 3.8) is 0 Å². The fourth-order valence-corrected chi connectivity index (χ4v) is 5.32. The summed E-state index contributed by atoms with van der Waals surface area (Å²) in [7, 11) is 0. The van der Waals surface area contributed by atoms with Crippen LogP contribution in [0.5, 0.6) is 0 Å². The number of allylic oxidation sites excluding steroid dienone is 1. The molecule has 2 amide bonds. The third-order valence-electron chi connectivity index (χ3n) is 6.89. The minimum absolute atomic E-state index is 0.0476. The second-order valence-corrected chi connectivity index (χ2v) is 10.1. The lowest BCUT2D eigenvalue weighted by Crippen LogP contribution is -2.67. The molecule has 1 atom stereocenters. The highest BCUT2D eigenvalue weighted by Gasteiger charge is 2.71. The largest absolute Gasteiger partial charge is 0.425 e. The third kappa shape index (κ3) is 4.06. The van der Waals surface area contributed by atoms with Gasteiger partial charge in [0.15, 0.2) is 5.78 Å². The summed E-state index contributed by atoms with van der Waals surface area (Å²) in [6, 6.07) is 3.29. The van der Waals surface area contributed by atoms with Gasteiger partial charge in [-0.25, -0.2) is 0 Å². The van der Waals surface area contributed by atoms with Crippen molar-refractivity contribution in [1.29, 1.82) is 0 Å². The summed E-state index contributed by atoms with van der Waals surface area (Å²) in [5.41, 5.74) is -4.01. The SMILES string of the molecule is CC1(C)CC(=O)C2=C(C1)N(Cc1cccnc1)C(=O)[C@@]2(NC(=O)C1CCCCC1)C(F)(F)F. The molecule has 1 N–H and O–H groups in total. The molecule has 0 radical (unpaired) electrons. The van der Waals surface area contributed by atoms with E-state index in [1.165, 1.54) is 12.4 Å². The van der Waals surface area contributed by atoms with Gasteiger partial charge in [0.25, 0.3) is 5.91 Å². The van der Waals surface area contributed by atoms with Gasteiger partial charge in [0.05, 0.1) is 12.1 Å². The molecule has 2 heterocycles. The summed E-state index contributed by atoms with van der Waals surface area (Å²) in [5.74, 6) is -3.48. The zero-order valence-electron chi connectivity index (χ0n) is 18.8. The van der Waals surface area contributed by atoms with Crippen LogP contribution in [0.15, 0.2) is 35.8 Å². The van der Waals surface area contributed by atoms with Gasteiger partial charge in [0.2, 0.25) is 11.4 Å². The number of carbonyl (C=O) groups excluding carboxylic acids is 3. The number of nitrogens with zero attached hydrogens (tertiary/aromatic N) is 2. The summed E-state index contributed by atoms with van der Waals surface area (Å²) < 4.78 is 44.3. The summed E-state index contributed by atoms with van der Waals surface area (Å²) in [5, 5.41) is 2.08. The van der Waals surface area contributed by atoms with Crippen LogP contribution in [0, 0.1) is 11.3 Å². The zero-order valence-corrected chi connectivity index (χ0v) is 18.8. The van der Waals surface area contributed by atoms with Gasteiger partial charge in [-0.1, -0.05) is 39.2 Å². The first-order valence-corrected chi connectivity index (χ1v) is 11.3. The molecule has 178 valence electrons. The average Bonchev–Trinajstić information content (AvgIpc) is 2.97. The number of alkyl halides is 3. The number of amides is 2. The molecule has 6 nitrogen and oxygen atoms in total. The van der Waals surface area contributed by atoms with E-state index in [-0.39, 0.29) is 25.1 Å². The van der Waals surface area contributed by atoms with Gasteiger partial charge in [0, 0.05) is 30.4 Å². The minimum atomic E-state index is -5.17. The topological polar surface area (TPSA) is 79.4 Å². The first-order valence-electron chi connectivity index (χ1n) is 11.3. The van der Waals surface area contributed by atoms with Crippen molar-refractivity contribution in [2.75, 3.05) is 0 Å². The smallest absolute Gasteiger partial charge is 0.330 e. The van der Waals surface area contributed by atoms with E-state index in [4.69, 9.17) is 0 Å². The second-order valence-electron chi connectivity index (χ2n) is 10.1. The van der Waals surface area contributed by atoms with Crippen LogP contribution in [0.4, 0.5) is 13.2 Å². The van der Waals surface area contributed by atoms with Gasteiger partial charge in [-0.2, -0.15) is 13.2 Å². The molecular formula is C24H28F3N3O3. The Hall–Kier alpha value is -2.71. The van der Waals surface area contributed by atoms with Crippen molar-refractivity contribution in [3.05, 3.63) is 41.4 Å². The highest BCUT2D eigenvalue weighted by molar-refractivity contribution is 6.13. The Kier molecular flexibility index (Phi) is 5.87. The average molecular weight is 464 g/mol. The molecule has 1 saturated carbocycles. The van der Waals surface area contributed by atoms with Gasteiger partial charge in [-0.05, 0) is 36.3 Å². The van der Waals surface area contributed by atoms with Crippen molar-refractivity contribution < 1.29 is 27.6 Å². The van der Waals surface area contributed by atoms with Crippen LogP contribution in [0.3, 0.4) is 0 Å². The minimum Gasteiger partial charge on any atom is -0.330 e. The van der Waals surface area contributed by atoms with E-state index in [1.54, 1.807) is 26.0 Å². The van der Waals surface area contributed by atoms with Crippen LogP contribution in [-0.4, -0.2) is 39.2 Å². The maximum absolute atomic E-state index is 14.8. The van der Waals surface area contributed by atoms with E-state index in [2.05, 4.69) is 10.3 Å². The van der Waals surface area contributed by atoms with Gasteiger partial charge < -0.3 is 10.2 Å². The quantitative estimate of drug-likeness (QED) is 0.730. The highest BCUT2D eigenvalue weighted by atomic mass is 19.4. The zero-order chi connectivity index (χ0) is 24.0. The van der Waals surface area contributed by atoms with E-state index in [0.717, 1.165) is 24.2 Å². The lowest BCUT2D eigenvalue weighted by Gasteiger charge is -2.36. The Morgan fingerprint density at radius 2 is 1.88 bits per heavy atom. The van der Waals surface area contributed by atoms with Crippen LogP contribution in [0.1, 0.15) is 64.4 Å². The summed E-state index contributed by atoms with van der Waals surface area (Å²) >= 11 is 0. The summed E-state index contributed by atoms with van der Waals surface area (Å²) in [6.07, 6.45) is 1.19. The lowest BCUT2D eigenvalue weighted by atomic mass is 9.72. The second kappa shape index (κ2) is 8.25. The summed E-state index contributed by atoms with van der Waals surface area (Å²) in [4.78, 5) is 44.8. The van der Waals surface area contributed by atoms with E-state index in [1.807, 2.05) is 0 Å². The van der Waals surface area contributed by atoms with Gasteiger partial charge in [-0.15, -0.1) is 0 Å². The van der Waals surface area contributed by atoms with Crippen molar-refractivity contribution in [2.45, 2.75) is 77.1 Å². The number of pyridine rings is 1. The Labute approximate surface area is 190 Å². The number of hydrogen-bond acceptors (Lipinski definition) is 4. The predicted molar refractivity (Wildman–Crippen MR) is 113 cm³/mol. The molecule has 0 unspecified atom stereocenters. The molecule has 0 bridgehead atoms. The van der Waals surface area contributed by atoms with Gasteiger partial charge >= 0.3 is 6.18 Å². The number of aromatic nitrogens is 1. The molecule has 0 spiro atoms. The maximum Gasteiger partial charge on any atom is 0.425 e. The van der Waals surface area contributed by atoms with Crippen molar-refractivity contribution in [3.8, 4) is 0 Å². The van der Waals surface area contributed by atoms with Crippen molar-refractivity contribution in [1.82, 2.24) is 15.2 Å². The molecule has 33 heavy (non-hydrogen) atoms. The molecule has 3 aliphatic rings. The molecule has 1 aromatic heterocycles. The molecule has 9 heteroatoms. The molecule has 4 rings (SSSR count). The van der Waals surface area contributed by atoms with E-state index < -0.39 is 46.2 Å². The molecule has 1 aromatic rings. The standard InChI is InChI=1S/C24H28F3N3O3/c1-22(2)11-17-19(18(31)12-22)23(24(25,26)27,29-20(32)16-8-4-3-5-9-16)21(33)30(17)14-15-7-6-10-28-13-15/h6-7,10,13,16H,3-5,8-9,11-12,14H2,1-2H3,(H,29,32)/t23-/m1/s1. The number of halogens is 3. The number of rotatable bonds is 4. The fraction of sp³-hybridized carbons (Fsp3) is 0.583. The monoisotopic (exact) mass is 463 g/mol. The van der Waals surface area contributed by atoms with Crippen LogP contribution in [0.25, 0.3) is 0 Å². The lowest BCUT2D eigenvalue weighted by molar-refractivity contribution is -0.195. The van der Waals surface area contributed by atoms with Gasteiger partial charge in [0.1, 0.15) is 0 Å². The maximum atomic E-state index is 14.8. The number of Topliss-reactive ketones (excluding diaryl/α,β-unsaturated/α-hetero) is 1.